The van der Waals surface area contributed by atoms with E-state index in [2.05, 4.69) is 5.32 Å². The van der Waals surface area contributed by atoms with Crippen LogP contribution in [0.2, 0.25) is 5.02 Å². The number of halogens is 1. The molecule has 3 rings (SSSR count). The number of benzene rings is 3. The number of carbonyl (C=O) groups excluding carboxylic acids is 1. The van der Waals surface area contributed by atoms with Gasteiger partial charge in [0.2, 0.25) is 5.91 Å². The molecule has 3 aromatic carbocycles. The summed E-state index contributed by atoms with van der Waals surface area (Å²) in [7, 11) is -3.90. The molecule has 0 aliphatic carbocycles. The predicted molar refractivity (Wildman–Crippen MR) is 117 cm³/mol. The highest BCUT2D eigenvalue weighted by atomic mass is 35.5. The van der Waals surface area contributed by atoms with Gasteiger partial charge in [0.1, 0.15) is 18.9 Å². The lowest BCUT2D eigenvalue weighted by Crippen LogP contribution is -2.41. The number of para-hydroxylation sites is 2. The van der Waals surface area contributed by atoms with Crippen molar-refractivity contribution in [2.45, 2.75) is 4.90 Å². The zero-order chi connectivity index (χ0) is 21.4. The van der Waals surface area contributed by atoms with Gasteiger partial charge in [0.05, 0.1) is 22.2 Å². The molecule has 0 unspecified atom stereocenters. The smallest absolute Gasteiger partial charge is 0.264 e. The van der Waals surface area contributed by atoms with E-state index in [0.29, 0.717) is 16.5 Å². The van der Waals surface area contributed by atoms with Crippen molar-refractivity contribution in [3.8, 4) is 5.75 Å². The fourth-order valence-corrected chi connectivity index (χ4v) is 4.36. The molecule has 3 aromatic rings. The lowest BCUT2D eigenvalue weighted by atomic mass is 10.3. The van der Waals surface area contributed by atoms with Gasteiger partial charge in [-0.05, 0) is 36.4 Å². The fourth-order valence-electron chi connectivity index (χ4n) is 2.73. The Morgan fingerprint density at radius 3 is 2.17 bits per heavy atom. The van der Waals surface area contributed by atoms with Gasteiger partial charge in [-0.15, -0.1) is 0 Å². The maximum absolute atomic E-state index is 13.1. The van der Waals surface area contributed by atoms with Crippen LogP contribution in [0.25, 0.3) is 0 Å². The van der Waals surface area contributed by atoms with Gasteiger partial charge in [-0.25, -0.2) is 8.42 Å². The Morgan fingerprint density at radius 2 is 1.50 bits per heavy atom. The van der Waals surface area contributed by atoms with Gasteiger partial charge in [0.15, 0.2) is 0 Å². The Morgan fingerprint density at radius 1 is 0.900 bits per heavy atom. The molecule has 156 valence electrons. The normalized spacial score (nSPS) is 11.0. The van der Waals surface area contributed by atoms with E-state index < -0.39 is 15.9 Å². The molecule has 0 spiro atoms. The molecule has 0 atom stereocenters. The van der Waals surface area contributed by atoms with Gasteiger partial charge in [0, 0.05) is 0 Å². The quantitative estimate of drug-likeness (QED) is 0.510. The largest absolute Gasteiger partial charge is 0.490 e. The Labute approximate surface area is 181 Å². The number of nitrogens with one attached hydrogen (secondary N) is 1. The van der Waals surface area contributed by atoms with Gasteiger partial charge in [0.25, 0.3) is 10.0 Å². The molecule has 0 bridgehead atoms. The van der Waals surface area contributed by atoms with Crippen LogP contribution in [0.15, 0.2) is 89.8 Å². The zero-order valence-electron chi connectivity index (χ0n) is 16.1. The summed E-state index contributed by atoms with van der Waals surface area (Å²) in [6.07, 6.45) is 0. The predicted octanol–water partition coefficient (Wildman–Crippen LogP) is 3.73. The lowest BCUT2D eigenvalue weighted by Gasteiger charge is -2.24. The highest BCUT2D eigenvalue weighted by molar-refractivity contribution is 7.92. The van der Waals surface area contributed by atoms with Crippen LogP contribution in [-0.4, -0.2) is 34.0 Å². The highest BCUT2D eigenvalue weighted by Gasteiger charge is 2.26. The number of hydrogen-bond acceptors (Lipinski definition) is 4. The van der Waals surface area contributed by atoms with E-state index in [9.17, 15) is 13.2 Å². The van der Waals surface area contributed by atoms with E-state index in [1.807, 2.05) is 0 Å². The molecule has 0 fully saturated rings. The summed E-state index contributed by atoms with van der Waals surface area (Å²) in [6.45, 7) is 0.0532. The summed E-state index contributed by atoms with van der Waals surface area (Å²) in [5.41, 5.74) is 0.406. The Balaban J connectivity index is 1.66. The SMILES string of the molecule is O=C(CN(c1ccccc1)S(=O)(=O)c1ccccc1)NCCOc1ccccc1Cl. The molecule has 0 heterocycles. The molecule has 0 saturated carbocycles. The summed E-state index contributed by atoms with van der Waals surface area (Å²) in [5, 5.41) is 3.16. The molecular formula is C22H21ClN2O4S. The van der Waals surface area contributed by atoms with E-state index in [0.717, 1.165) is 4.31 Å². The van der Waals surface area contributed by atoms with Crippen molar-refractivity contribution in [2.24, 2.45) is 0 Å². The molecular weight excluding hydrogens is 424 g/mol. The van der Waals surface area contributed by atoms with E-state index in [4.69, 9.17) is 16.3 Å². The third-order valence-electron chi connectivity index (χ3n) is 4.18. The van der Waals surface area contributed by atoms with Crippen molar-refractivity contribution < 1.29 is 17.9 Å². The number of rotatable bonds is 9. The Hall–Kier alpha value is -3.03. The van der Waals surface area contributed by atoms with E-state index in [-0.39, 0.29) is 24.6 Å². The van der Waals surface area contributed by atoms with E-state index in [1.54, 1.807) is 72.8 Å². The molecule has 0 aromatic heterocycles. The number of ether oxygens (including phenoxy) is 1. The summed E-state index contributed by atoms with van der Waals surface area (Å²) in [6, 6.07) is 23.6. The third kappa shape index (κ3) is 5.52. The summed E-state index contributed by atoms with van der Waals surface area (Å²) in [4.78, 5) is 12.6. The van der Waals surface area contributed by atoms with Gasteiger partial charge in [-0.3, -0.25) is 9.10 Å². The molecule has 1 amide bonds. The monoisotopic (exact) mass is 444 g/mol. The van der Waals surface area contributed by atoms with Crippen LogP contribution in [-0.2, 0) is 14.8 Å². The van der Waals surface area contributed by atoms with Crippen LogP contribution in [0.4, 0.5) is 5.69 Å². The van der Waals surface area contributed by atoms with Gasteiger partial charge < -0.3 is 10.1 Å². The first-order chi connectivity index (χ1) is 14.5. The van der Waals surface area contributed by atoms with Crippen LogP contribution in [0.3, 0.4) is 0 Å². The first-order valence-electron chi connectivity index (χ1n) is 9.25. The standard InChI is InChI=1S/C22H21ClN2O4S/c23-20-13-7-8-14-21(20)29-16-15-24-22(26)17-25(18-9-3-1-4-10-18)30(27,28)19-11-5-2-6-12-19/h1-14H,15-17H2,(H,24,26). The van der Waals surface area contributed by atoms with Crippen molar-refractivity contribution in [1.82, 2.24) is 5.32 Å². The van der Waals surface area contributed by atoms with Gasteiger partial charge >= 0.3 is 0 Å². The minimum atomic E-state index is -3.90. The van der Waals surface area contributed by atoms with Crippen molar-refractivity contribution in [1.29, 1.82) is 0 Å². The highest BCUT2D eigenvalue weighted by Crippen LogP contribution is 2.24. The van der Waals surface area contributed by atoms with Crippen molar-refractivity contribution in [3.05, 3.63) is 90.0 Å². The van der Waals surface area contributed by atoms with Gasteiger partial charge in [-0.1, -0.05) is 60.1 Å². The van der Waals surface area contributed by atoms with Crippen LogP contribution in [0, 0.1) is 0 Å². The molecule has 6 nitrogen and oxygen atoms in total. The second kappa shape index (κ2) is 10.1. The fraction of sp³-hybridized carbons (Fsp3) is 0.136. The summed E-state index contributed by atoms with van der Waals surface area (Å²) in [5.74, 6) is 0.0760. The number of hydrogen-bond donors (Lipinski definition) is 1. The second-order valence-corrected chi connectivity index (χ2v) is 8.56. The average Bonchev–Trinajstić information content (AvgIpc) is 2.77. The molecule has 1 N–H and O–H groups in total. The van der Waals surface area contributed by atoms with Crippen LogP contribution >= 0.6 is 11.6 Å². The average molecular weight is 445 g/mol. The van der Waals surface area contributed by atoms with Crippen LogP contribution in [0.5, 0.6) is 5.75 Å². The number of nitrogens with zero attached hydrogens (tertiary/aromatic N) is 1. The topological polar surface area (TPSA) is 75.7 Å². The maximum atomic E-state index is 13.1. The number of amides is 1. The molecule has 8 heteroatoms. The van der Waals surface area contributed by atoms with Crippen molar-refractivity contribution in [2.75, 3.05) is 24.0 Å². The molecule has 0 saturated heterocycles. The number of anilines is 1. The van der Waals surface area contributed by atoms with Crippen molar-refractivity contribution in [3.63, 3.8) is 0 Å². The van der Waals surface area contributed by atoms with Crippen molar-refractivity contribution >= 4 is 33.2 Å². The second-order valence-electron chi connectivity index (χ2n) is 6.29. The van der Waals surface area contributed by atoms with Crippen LogP contribution in [0.1, 0.15) is 0 Å². The molecule has 0 aliphatic heterocycles. The Bertz CT molecular complexity index is 1080. The lowest BCUT2D eigenvalue weighted by molar-refractivity contribution is -0.119. The third-order valence-corrected chi connectivity index (χ3v) is 6.28. The first-order valence-corrected chi connectivity index (χ1v) is 11.1. The van der Waals surface area contributed by atoms with E-state index >= 15 is 0 Å². The Kier molecular flexibility index (Phi) is 7.32. The number of carbonyl (C=O) groups is 1. The minimum absolute atomic E-state index is 0.115. The molecule has 0 radical (unpaired) electrons. The minimum Gasteiger partial charge on any atom is -0.490 e. The number of sulfonamides is 1. The van der Waals surface area contributed by atoms with Gasteiger partial charge in [-0.2, -0.15) is 0 Å². The van der Waals surface area contributed by atoms with E-state index in [1.165, 1.54) is 12.1 Å². The summed E-state index contributed by atoms with van der Waals surface area (Å²) < 4.78 is 32.9. The molecule has 30 heavy (non-hydrogen) atoms. The summed E-state index contributed by atoms with van der Waals surface area (Å²) >= 11 is 6.03. The van der Waals surface area contributed by atoms with Crippen LogP contribution < -0.4 is 14.4 Å². The maximum Gasteiger partial charge on any atom is 0.264 e. The zero-order valence-corrected chi connectivity index (χ0v) is 17.6. The molecule has 0 aliphatic rings. The first kappa shape index (κ1) is 21.7.